The van der Waals surface area contributed by atoms with Crippen LogP contribution in [0.3, 0.4) is 0 Å². The van der Waals surface area contributed by atoms with Crippen LogP contribution in [0.5, 0.6) is 0 Å². The van der Waals surface area contributed by atoms with E-state index in [-0.39, 0.29) is 12.6 Å². The second kappa shape index (κ2) is 22.7. The van der Waals surface area contributed by atoms with Crippen molar-refractivity contribution in [2.75, 3.05) is 20.3 Å². The Morgan fingerprint density at radius 2 is 1.19 bits per heavy atom. The van der Waals surface area contributed by atoms with Crippen LogP contribution in [0, 0.1) is 0 Å². The van der Waals surface area contributed by atoms with Crippen LogP contribution in [-0.2, 0) is 14.3 Å². The Bertz CT molecular complexity index is 467. The number of nitrogens with zero attached hydrogens (tertiary/aromatic N) is 1. The van der Waals surface area contributed by atoms with E-state index in [1.54, 1.807) is 20.0 Å². The highest BCUT2D eigenvalue weighted by Crippen LogP contribution is 2.14. The van der Waals surface area contributed by atoms with E-state index in [1.807, 2.05) is 0 Å². The van der Waals surface area contributed by atoms with Gasteiger partial charge in [-0.3, -0.25) is 4.90 Å². The summed E-state index contributed by atoms with van der Waals surface area (Å²) >= 11 is 0. The van der Waals surface area contributed by atoms with Gasteiger partial charge in [-0.25, -0.2) is 9.59 Å². The van der Waals surface area contributed by atoms with Gasteiger partial charge in [-0.15, -0.1) is 6.58 Å². The van der Waals surface area contributed by atoms with Gasteiger partial charge in [-0.2, -0.15) is 0 Å². The standard InChI is InChI=1S/C27H51NO4/c1-5-7-9-10-11-12-13-14-15-16-17-18-19-20-21-22-24-31-26(29)25(3)28(4)27(30)32-23-8-6-2/h6,25H,2,5,7-24H2,1,3-4H3. The summed E-state index contributed by atoms with van der Waals surface area (Å²) in [5.41, 5.74) is 0. The van der Waals surface area contributed by atoms with Gasteiger partial charge >= 0.3 is 12.1 Å². The van der Waals surface area contributed by atoms with E-state index in [0.29, 0.717) is 13.0 Å². The van der Waals surface area contributed by atoms with Crippen molar-refractivity contribution in [3.63, 3.8) is 0 Å². The van der Waals surface area contributed by atoms with Crippen molar-refractivity contribution in [1.29, 1.82) is 0 Å². The third-order valence-corrected chi connectivity index (χ3v) is 6.00. The van der Waals surface area contributed by atoms with Crippen molar-refractivity contribution >= 4 is 12.1 Å². The highest BCUT2D eigenvalue weighted by Gasteiger charge is 2.24. The smallest absolute Gasteiger partial charge is 0.410 e. The molecule has 0 fully saturated rings. The Balaban J connectivity index is 3.46. The highest BCUT2D eigenvalue weighted by molar-refractivity contribution is 5.80. The summed E-state index contributed by atoms with van der Waals surface area (Å²) < 4.78 is 10.4. The van der Waals surface area contributed by atoms with Gasteiger partial charge in [-0.05, 0) is 19.8 Å². The Hall–Kier alpha value is -1.52. The first-order valence-corrected chi connectivity index (χ1v) is 13.2. The largest absolute Gasteiger partial charge is 0.464 e. The molecular weight excluding hydrogens is 402 g/mol. The van der Waals surface area contributed by atoms with Gasteiger partial charge in [0.25, 0.3) is 0 Å². The third-order valence-electron chi connectivity index (χ3n) is 6.00. The van der Waals surface area contributed by atoms with Crippen molar-refractivity contribution < 1.29 is 19.1 Å². The zero-order chi connectivity index (χ0) is 23.9. The first-order chi connectivity index (χ1) is 15.5. The quantitative estimate of drug-likeness (QED) is 0.0952. The zero-order valence-electron chi connectivity index (χ0n) is 21.4. The van der Waals surface area contributed by atoms with Crippen molar-refractivity contribution in [1.82, 2.24) is 4.90 Å². The van der Waals surface area contributed by atoms with E-state index in [2.05, 4.69) is 13.5 Å². The van der Waals surface area contributed by atoms with Gasteiger partial charge < -0.3 is 9.47 Å². The molecule has 1 amide bonds. The number of likely N-dealkylation sites (N-methyl/N-ethyl adjacent to an activating group) is 1. The molecule has 0 saturated carbocycles. The number of ether oxygens (including phenoxy) is 2. The van der Waals surface area contributed by atoms with Crippen molar-refractivity contribution in [2.24, 2.45) is 0 Å². The monoisotopic (exact) mass is 453 g/mol. The Kier molecular flexibility index (Phi) is 21.6. The maximum atomic E-state index is 12.1. The van der Waals surface area contributed by atoms with Crippen LogP contribution >= 0.6 is 0 Å². The minimum atomic E-state index is -0.646. The maximum absolute atomic E-state index is 12.1. The number of hydrogen-bond donors (Lipinski definition) is 0. The van der Waals surface area contributed by atoms with Crippen LogP contribution in [0.25, 0.3) is 0 Å². The molecule has 5 nitrogen and oxygen atoms in total. The summed E-state index contributed by atoms with van der Waals surface area (Å²) in [7, 11) is 1.55. The number of hydrogen-bond acceptors (Lipinski definition) is 4. The molecule has 0 aliphatic carbocycles. The average molecular weight is 454 g/mol. The van der Waals surface area contributed by atoms with Crippen LogP contribution in [0.1, 0.15) is 123 Å². The molecule has 0 saturated heterocycles. The molecule has 1 unspecified atom stereocenters. The van der Waals surface area contributed by atoms with Crippen LogP contribution in [0.4, 0.5) is 4.79 Å². The molecule has 0 N–H and O–H groups in total. The second-order valence-electron chi connectivity index (χ2n) is 8.95. The normalized spacial score (nSPS) is 11.7. The predicted octanol–water partition coefficient (Wildman–Crippen LogP) is 7.82. The molecule has 0 aromatic rings. The molecule has 0 rings (SSSR count). The molecule has 0 bridgehead atoms. The molecule has 0 radical (unpaired) electrons. The van der Waals surface area contributed by atoms with Crippen LogP contribution in [-0.4, -0.2) is 43.3 Å². The van der Waals surface area contributed by atoms with Gasteiger partial charge in [0, 0.05) is 7.05 Å². The number of unbranched alkanes of at least 4 members (excludes halogenated alkanes) is 15. The van der Waals surface area contributed by atoms with Gasteiger partial charge in [0.2, 0.25) is 0 Å². The number of amides is 1. The minimum absolute atomic E-state index is 0.271. The van der Waals surface area contributed by atoms with E-state index < -0.39 is 12.1 Å². The molecule has 0 aliphatic heterocycles. The topological polar surface area (TPSA) is 55.8 Å². The molecule has 32 heavy (non-hydrogen) atoms. The summed E-state index contributed by atoms with van der Waals surface area (Å²) in [5.74, 6) is -0.380. The molecule has 1 atom stereocenters. The Labute approximate surface area is 198 Å². The lowest BCUT2D eigenvalue weighted by Gasteiger charge is -2.22. The van der Waals surface area contributed by atoms with E-state index in [1.165, 1.54) is 94.8 Å². The van der Waals surface area contributed by atoms with Crippen LogP contribution < -0.4 is 0 Å². The molecule has 188 valence electrons. The molecule has 5 heteroatoms. The summed E-state index contributed by atoms with van der Waals surface area (Å²) in [5, 5.41) is 0. The van der Waals surface area contributed by atoms with Crippen molar-refractivity contribution in [2.45, 2.75) is 129 Å². The van der Waals surface area contributed by atoms with Crippen molar-refractivity contribution in [3.8, 4) is 0 Å². The molecule has 0 spiro atoms. The maximum Gasteiger partial charge on any atom is 0.410 e. The summed E-state index contributed by atoms with van der Waals surface area (Å²) in [6.45, 7) is 8.20. The number of esters is 1. The van der Waals surface area contributed by atoms with Gasteiger partial charge in [0.05, 0.1) is 13.2 Å². The SMILES string of the molecule is C=CCCOC(=O)N(C)C(C)C(=O)OCCCCCCCCCCCCCCCCCC. The number of rotatable bonds is 22. The number of carbonyl (C=O) groups is 2. The predicted molar refractivity (Wildman–Crippen MR) is 134 cm³/mol. The van der Waals surface area contributed by atoms with Gasteiger partial charge in [0.1, 0.15) is 6.04 Å². The summed E-state index contributed by atoms with van der Waals surface area (Å²) in [6.07, 6.45) is 22.8. The summed E-state index contributed by atoms with van der Waals surface area (Å²) in [4.78, 5) is 25.2. The van der Waals surface area contributed by atoms with Crippen molar-refractivity contribution in [3.05, 3.63) is 12.7 Å². The van der Waals surface area contributed by atoms with E-state index in [9.17, 15) is 9.59 Å². The fourth-order valence-corrected chi connectivity index (χ4v) is 3.59. The lowest BCUT2D eigenvalue weighted by Crippen LogP contribution is -2.41. The first kappa shape index (κ1) is 30.5. The third kappa shape index (κ3) is 18.1. The molecule has 0 aromatic carbocycles. The lowest BCUT2D eigenvalue weighted by atomic mass is 10.0. The first-order valence-electron chi connectivity index (χ1n) is 13.2. The molecule has 0 aliphatic rings. The molecule has 0 heterocycles. The fourth-order valence-electron chi connectivity index (χ4n) is 3.59. The lowest BCUT2D eigenvalue weighted by molar-refractivity contribution is -0.148. The summed E-state index contributed by atoms with van der Waals surface area (Å²) in [6, 6.07) is -0.646. The minimum Gasteiger partial charge on any atom is -0.464 e. The van der Waals surface area contributed by atoms with Crippen LogP contribution in [0.2, 0.25) is 0 Å². The molecule has 0 aromatic heterocycles. The van der Waals surface area contributed by atoms with Gasteiger partial charge in [0.15, 0.2) is 0 Å². The Morgan fingerprint density at radius 1 is 0.750 bits per heavy atom. The van der Waals surface area contributed by atoms with Crippen LogP contribution in [0.15, 0.2) is 12.7 Å². The second-order valence-corrected chi connectivity index (χ2v) is 8.95. The van der Waals surface area contributed by atoms with Gasteiger partial charge in [-0.1, -0.05) is 109 Å². The number of carbonyl (C=O) groups excluding carboxylic acids is 2. The zero-order valence-corrected chi connectivity index (χ0v) is 21.4. The van der Waals surface area contributed by atoms with E-state index in [0.717, 1.165) is 12.8 Å². The van der Waals surface area contributed by atoms with E-state index in [4.69, 9.17) is 9.47 Å². The molecular formula is C27H51NO4. The average Bonchev–Trinajstić information content (AvgIpc) is 2.79. The fraction of sp³-hybridized carbons (Fsp3) is 0.852. The highest BCUT2D eigenvalue weighted by atomic mass is 16.6. The van der Waals surface area contributed by atoms with E-state index >= 15 is 0 Å². The Morgan fingerprint density at radius 3 is 1.62 bits per heavy atom.